The molecule has 0 bridgehead atoms. The molecule has 1 saturated heterocycles. The lowest BCUT2D eigenvalue weighted by Crippen LogP contribution is -2.49. The van der Waals surface area contributed by atoms with Crippen molar-refractivity contribution in [2.75, 3.05) is 42.9 Å². The zero-order chi connectivity index (χ0) is 27.2. The molecule has 0 atom stereocenters. The van der Waals surface area contributed by atoms with Gasteiger partial charge in [0.2, 0.25) is 5.91 Å². The molecule has 4 rings (SSSR count). The Kier molecular flexibility index (Phi) is 8.35. The Morgan fingerprint density at radius 3 is 2.21 bits per heavy atom. The lowest BCUT2D eigenvalue weighted by Gasteiger charge is -2.36. The second-order valence-electron chi connectivity index (χ2n) is 9.39. The normalized spacial score (nSPS) is 13.4. The quantitative estimate of drug-likeness (QED) is 0.501. The minimum absolute atomic E-state index is 0.0784. The van der Waals surface area contributed by atoms with Gasteiger partial charge in [-0.15, -0.1) is 0 Å². The summed E-state index contributed by atoms with van der Waals surface area (Å²) in [4.78, 5) is 43.4. The fraction of sp³-hybridized carbons (Fsp3) is 0.276. The second kappa shape index (κ2) is 11.9. The zero-order valence-electron chi connectivity index (χ0n) is 21.4. The summed E-state index contributed by atoms with van der Waals surface area (Å²) in [5, 5.41) is 2.81. The molecule has 3 amide bonds. The van der Waals surface area contributed by atoms with Gasteiger partial charge in [0.25, 0.3) is 11.8 Å². The summed E-state index contributed by atoms with van der Waals surface area (Å²) in [5.41, 5.74) is 1.78. The molecule has 3 aromatic rings. The first kappa shape index (κ1) is 26.8. The van der Waals surface area contributed by atoms with Gasteiger partial charge in [0.15, 0.2) is 0 Å². The van der Waals surface area contributed by atoms with E-state index in [9.17, 15) is 23.2 Å². The molecule has 1 fully saturated rings. The van der Waals surface area contributed by atoms with E-state index >= 15 is 0 Å². The lowest BCUT2D eigenvalue weighted by atomic mass is 10.1. The van der Waals surface area contributed by atoms with Gasteiger partial charge in [-0.2, -0.15) is 0 Å². The Morgan fingerprint density at radius 2 is 1.58 bits per heavy atom. The van der Waals surface area contributed by atoms with Crippen LogP contribution < -0.4 is 10.2 Å². The molecule has 0 unspecified atom stereocenters. The van der Waals surface area contributed by atoms with Gasteiger partial charge < -0.3 is 20.0 Å². The van der Waals surface area contributed by atoms with E-state index in [0.29, 0.717) is 31.9 Å². The maximum Gasteiger partial charge on any atom is 0.256 e. The van der Waals surface area contributed by atoms with E-state index in [2.05, 4.69) is 10.2 Å². The van der Waals surface area contributed by atoms with E-state index in [0.717, 1.165) is 11.8 Å². The molecule has 1 N–H and O–H groups in total. The average molecular weight is 521 g/mol. The van der Waals surface area contributed by atoms with Crippen molar-refractivity contribution in [3.05, 3.63) is 95.6 Å². The van der Waals surface area contributed by atoms with Gasteiger partial charge in [-0.1, -0.05) is 18.2 Å². The molecule has 1 aliphatic rings. The fourth-order valence-electron chi connectivity index (χ4n) is 4.36. The second-order valence-corrected chi connectivity index (χ2v) is 9.39. The molecular formula is C29H30F2N4O3. The zero-order valence-corrected chi connectivity index (χ0v) is 21.4. The van der Waals surface area contributed by atoms with Crippen LogP contribution in [0.4, 0.5) is 20.2 Å². The number of benzene rings is 3. The predicted octanol–water partition coefficient (Wildman–Crippen LogP) is 4.42. The summed E-state index contributed by atoms with van der Waals surface area (Å²) in [6, 6.07) is 18.4. The first-order valence-electron chi connectivity index (χ1n) is 12.5. The Labute approximate surface area is 220 Å². The molecule has 38 heavy (non-hydrogen) atoms. The summed E-state index contributed by atoms with van der Waals surface area (Å²) >= 11 is 0. The van der Waals surface area contributed by atoms with Gasteiger partial charge in [-0.3, -0.25) is 14.4 Å². The van der Waals surface area contributed by atoms with Gasteiger partial charge in [-0.25, -0.2) is 8.78 Å². The summed E-state index contributed by atoms with van der Waals surface area (Å²) in [6.45, 7) is 5.54. The minimum Gasteiger partial charge on any atom is -0.368 e. The smallest absolute Gasteiger partial charge is 0.256 e. The van der Waals surface area contributed by atoms with Crippen molar-refractivity contribution in [2.24, 2.45) is 0 Å². The van der Waals surface area contributed by atoms with Gasteiger partial charge in [0.05, 0.1) is 5.56 Å². The lowest BCUT2D eigenvalue weighted by molar-refractivity contribution is -0.117. The number of anilines is 2. The average Bonchev–Trinajstić information content (AvgIpc) is 2.91. The summed E-state index contributed by atoms with van der Waals surface area (Å²) in [5.74, 6) is -2.13. The van der Waals surface area contributed by atoms with Crippen LogP contribution in [0.5, 0.6) is 0 Å². The van der Waals surface area contributed by atoms with Gasteiger partial charge in [0, 0.05) is 49.2 Å². The van der Waals surface area contributed by atoms with Crippen molar-refractivity contribution in [2.45, 2.75) is 19.9 Å². The highest BCUT2D eigenvalue weighted by molar-refractivity contribution is 5.99. The van der Waals surface area contributed by atoms with E-state index in [-0.39, 0.29) is 35.5 Å². The van der Waals surface area contributed by atoms with Crippen LogP contribution in [-0.4, -0.2) is 66.3 Å². The Bertz CT molecular complexity index is 1310. The molecule has 0 saturated carbocycles. The number of carbonyl (C=O) groups is 3. The van der Waals surface area contributed by atoms with Crippen molar-refractivity contribution in [3.8, 4) is 0 Å². The first-order chi connectivity index (χ1) is 18.2. The molecule has 1 heterocycles. The first-order valence-corrected chi connectivity index (χ1v) is 12.5. The highest BCUT2D eigenvalue weighted by atomic mass is 19.1. The summed E-state index contributed by atoms with van der Waals surface area (Å²) in [6.07, 6.45) is 0. The number of nitrogens with zero attached hydrogens (tertiary/aromatic N) is 3. The molecule has 1 aliphatic heterocycles. The number of amides is 3. The fourth-order valence-corrected chi connectivity index (χ4v) is 4.36. The molecule has 0 spiro atoms. The van der Waals surface area contributed by atoms with Crippen LogP contribution in [0, 0.1) is 11.6 Å². The number of halogens is 2. The van der Waals surface area contributed by atoms with Crippen LogP contribution in [0.15, 0.2) is 72.8 Å². The SMILES string of the molecule is CC(C)N(CC(=O)Nc1ccc(N2CCN(C(=O)c3ccccc3F)CC2)cc1)C(=O)c1cccc(F)c1. The summed E-state index contributed by atoms with van der Waals surface area (Å²) in [7, 11) is 0. The third kappa shape index (κ3) is 6.34. The predicted molar refractivity (Wildman–Crippen MR) is 142 cm³/mol. The van der Waals surface area contributed by atoms with Crippen LogP contribution in [0.25, 0.3) is 0 Å². The van der Waals surface area contributed by atoms with Gasteiger partial charge in [0.1, 0.15) is 18.2 Å². The summed E-state index contributed by atoms with van der Waals surface area (Å²) < 4.78 is 27.5. The highest BCUT2D eigenvalue weighted by Gasteiger charge is 2.25. The van der Waals surface area contributed by atoms with Crippen molar-refractivity contribution >= 4 is 29.1 Å². The van der Waals surface area contributed by atoms with Crippen molar-refractivity contribution < 1.29 is 23.2 Å². The Hall–Kier alpha value is -4.27. The standard InChI is InChI=1S/C29H30F2N4O3/c1-20(2)35(28(37)21-6-5-7-22(30)18-21)19-27(36)32-23-10-12-24(13-11-23)33-14-16-34(17-15-33)29(38)25-8-3-4-9-26(25)31/h3-13,18,20H,14-17,19H2,1-2H3,(H,32,36). The van der Waals surface area contributed by atoms with E-state index in [4.69, 9.17) is 0 Å². The number of nitrogens with one attached hydrogen (secondary N) is 1. The van der Waals surface area contributed by atoms with Crippen LogP contribution >= 0.6 is 0 Å². The van der Waals surface area contributed by atoms with E-state index < -0.39 is 17.5 Å². The van der Waals surface area contributed by atoms with Gasteiger partial charge >= 0.3 is 0 Å². The molecular weight excluding hydrogens is 490 g/mol. The number of carbonyl (C=O) groups excluding carboxylic acids is 3. The number of hydrogen-bond acceptors (Lipinski definition) is 4. The van der Waals surface area contributed by atoms with E-state index in [1.807, 2.05) is 12.1 Å². The van der Waals surface area contributed by atoms with Crippen LogP contribution in [-0.2, 0) is 4.79 Å². The highest BCUT2D eigenvalue weighted by Crippen LogP contribution is 2.21. The molecule has 7 nitrogen and oxygen atoms in total. The number of piperazine rings is 1. The van der Waals surface area contributed by atoms with E-state index in [1.165, 1.54) is 35.2 Å². The molecule has 9 heteroatoms. The van der Waals surface area contributed by atoms with E-state index in [1.54, 1.807) is 43.0 Å². The molecule has 0 radical (unpaired) electrons. The van der Waals surface area contributed by atoms with Crippen molar-refractivity contribution in [1.29, 1.82) is 0 Å². The van der Waals surface area contributed by atoms with Crippen LogP contribution in [0.2, 0.25) is 0 Å². The molecule has 0 aliphatic carbocycles. The van der Waals surface area contributed by atoms with Crippen LogP contribution in [0.3, 0.4) is 0 Å². The third-order valence-corrected chi connectivity index (χ3v) is 6.46. The van der Waals surface area contributed by atoms with Gasteiger partial charge in [-0.05, 0) is 68.4 Å². The van der Waals surface area contributed by atoms with Crippen molar-refractivity contribution in [3.63, 3.8) is 0 Å². The Balaban J connectivity index is 1.32. The Morgan fingerprint density at radius 1 is 0.895 bits per heavy atom. The monoisotopic (exact) mass is 520 g/mol. The van der Waals surface area contributed by atoms with Crippen LogP contribution in [0.1, 0.15) is 34.6 Å². The molecule has 198 valence electrons. The maximum atomic E-state index is 14.0. The largest absolute Gasteiger partial charge is 0.368 e. The minimum atomic E-state index is -0.521. The number of rotatable bonds is 7. The topological polar surface area (TPSA) is 73.0 Å². The van der Waals surface area contributed by atoms with Crippen molar-refractivity contribution in [1.82, 2.24) is 9.80 Å². The third-order valence-electron chi connectivity index (χ3n) is 6.46. The maximum absolute atomic E-state index is 14.0. The molecule has 0 aromatic heterocycles. The molecule has 3 aromatic carbocycles. The number of hydrogen-bond donors (Lipinski definition) is 1.